The Morgan fingerprint density at radius 2 is 1.91 bits per heavy atom. The van der Waals surface area contributed by atoms with Gasteiger partial charge in [-0.1, -0.05) is 52.7 Å². The fraction of sp³-hybridized carbons (Fsp3) is 0.304. The Labute approximate surface area is 204 Å². The summed E-state index contributed by atoms with van der Waals surface area (Å²) in [5.74, 6) is -0.108. The fourth-order valence-electron chi connectivity index (χ4n) is 3.84. The number of amides is 1. The summed E-state index contributed by atoms with van der Waals surface area (Å²) in [5.41, 5.74) is 0.836. The molecule has 2 aromatic carbocycles. The molecule has 0 N–H and O–H groups in total. The predicted molar refractivity (Wildman–Crippen MR) is 135 cm³/mol. The lowest BCUT2D eigenvalue weighted by molar-refractivity contribution is 0.0376. The lowest BCUT2D eigenvalue weighted by Crippen LogP contribution is -2.39. The molecule has 5 rings (SSSR count). The first-order valence-electron chi connectivity index (χ1n) is 10.5. The number of thiazole rings is 1. The maximum atomic E-state index is 13.7. The monoisotopic (exact) mass is 505 g/mol. The topological polar surface area (TPSA) is 45.7 Å². The van der Waals surface area contributed by atoms with Crippen LogP contribution in [0.3, 0.4) is 0 Å². The number of rotatable bonds is 6. The highest BCUT2D eigenvalue weighted by Crippen LogP contribution is 2.38. The van der Waals surface area contributed by atoms with Crippen LogP contribution in [0.5, 0.6) is 0 Å². The second-order valence-electron chi connectivity index (χ2n) is 7.61. The van der Waals surface area contributed by atoms with Crippen LogP contribution in [0.1, 0.15) is 16.1 Å². The number of ether oxygens (including phenoxy) is 1. The third-order valence-electron chi connectivity index (χ3n) is 5.50. The third-order valence-corrected chi connectivity index (χ3v) is 8.44. The number of benzene rings is 2. The highest BCUT2D eigenvalue weighted by atomic mass is 35.5. The van der Waals surface area contributed by atoms with Crippen LogP contribution in [-0.4, -0.2) is 55.2 Å². The molecule has 0 atom stereocenters. The minimum Gasteiger partial charge on any atom is -0.379 e. The van der Waals surface area contributed by atoms with Crippen molar-refractivity contribution in [1.29, 1.82) is 0 Å². The van der Waals surface area contributed by atoms with E-state index in [-0.39, 0.29) is 5.91 Å². The summed E-state index contributed by atoms with van der Waals surface area (Å²) in [6.07, 6.45) is 0.838. The van der Waals surface area contributed by atoms with Gasteiger partial charge in [0, 0.05) is 41.3 Å². The number of fused-ring (bicyclic) bond motifs is 2. The second-order valence-corrected chi connectivity index (χ2v) is 10.5. The van der Waals surface area contributed by atoms with Crippen molar-refractivity contribution in [3.05, 3.63) is 57.4 Å². The molecule has 0 aliphatic carbocycles. The van der Waals surface area contributed by atoms with Crippen molar-refractivity contribution in [1.82, 2.24) is 9.88 Å². The Bertz CT molecular complexity index is 1270. The molecule has 2 aromatic heterocycles. The maximum Gasteiger partial charge on any atom is 0.271 e. The predicted octanol–water partition coefficient (Wildman–Crippen LogP) is 6.19. The lowest BCUT2D eigenvalue weighted by atomic mass is 10.2. The normalized spacial score (nSPS) is 14.9. The van der Waals surface area contributed by atoms with Gasteiger partial charge in [0.15, 0.2) is 5.13 Å². The Hall–Kier alpha value is -1.74. The standard InChI is InChI=1S/C23H21Cl2N3O2S2/c24-15-6-7-17-19(14-15)32-23(26-17)28(9-3-8-27-10-12-30-13-11-27)22(29)21-20(25)16-4-1-2-5-18(16)31-21/h1-2,4-7,14H,3,8-13H2. The maximum absolute atomic E-state index is 13.7. The number of aromatic nitrogens is 1. The number of thiophene rings is 1. The van der Waals surface area contributed by atoms with Crippen molar-refractivity contribution < 1.29 is 9.53 Å². The van der Waals surface area contributed by atoms with E-state index in [1.807, 2.05) is 42.5 Å². The van der Waals surface area contributed by atoms with E-state index >= 15 is 0 Å². The van der Waals surface area contributed by atoms with Gasteiger partial charge in [-0.05, 0) is 30.7 Å². The molecule has 1 aliphatic heterocycles. The van der Waals surface area contributed by atoms with E-state index in [9.17, 15) is 4.79 Å². The Morgan fingerprint density at radius 1 is 1.09 bits per heavy atom. The first-order valence-corrected chi connectivity index (χ1v) is 12.8. The van der Waals surface area contributed by atoms with Gasteiger partial charge in [-0.15, -0.1) is 11.3 Å². The zero-order chi connectivity index (χ0) is 22.1. The van der Waals surface area contributed by atoms with E-state index < -0.39 is 0 Å². The van der Waals surface area contributed by atoms with Gasteiger partial charge in [0.05, 0.1) is 28.5 Å². The van der Waals surface area contributed by atoms with Gasteiger partial charge >= 0.3 is 0 Å². The molecule has 0 radical (unpaired) electrons. The summed E-state index contributed by atoms with van der Waals surface area (Å²) in [5, 5.41) is 2.75. The van der Waals surface area contributed by atoms with Crippen LogP contribution in [0.2, 0.25) is 10.0 Å². The quantitative estimate of drug-likeness (QED) is 0.313. The molecule has 4 aromatic rings. The summed E-state index contributed by atoms with van der Waals surface area (Å²) >= 11 is 15.7. The van der Waals surface area contributed by atoms with Crippen LogP contribution >= 0.6 is 45.9 Å². The number of halogens is 2. The molecule has 166 valence electrons. The summed E-state index contributed by atoms with van der Waals surface area (Å²) in [4.78, 5) is 23.2. The molecule has 1 amide bonds. The van der Waals surface area contributed by atoms with Crippen LogP contribution in [0.25, 0.3) is 20.3 Å². The van der Waals surface area contributed by atoms with Gasteiger partial charge in [-0.3, -0.25) is 14.6 Å². The van der Waals surface area contributed by atoms with E-state index in [2.05, 4.69) is 4.90 Å². The van der Waals surface area contributed by atoms with Gasteiger partial charge in [0.25, 0.3) is 5.91 Å². The molecular weight excluding hydrogens is 485 g/mol. The Balaban J connectivity index is 1.45. The van der Waals surface area contributed by atoms with E-state index in [1.54, 1.807) is 4.90 Å². The molecule has 9 heteroatoms. The zero-order valence-electron chi connectivity index (χ0n) is 17.2. The molecule has 0 saturated carbocycles. The van der Waals surface area contributed by atoms with Crippen LogP contribution in [0.4, 0.5) is 5.13 Å². The summed E-state index contributed by atoms with van der Waals surface area (Å²) in [7, 11) is 0. The van der Waals surface area contributed by atoms with Gasteiger partial charge in [-0.2, -0.15) is 0 Å². The summed E-state index contributed by atoms with van der Waals surface area (Å²) in [6.45, 7) is 4.85. The van der Waals surface area contributed by atoms with E-state index in [4.69, 9.17) is 32.9 Å². The minimum absolute atomic E-state index is 0.108. The molecule has 3 heterocycles. The highest BCUT2D eigenvalue weighted by molar-refractivity contribution is 7.23. The van der Waals surface area contributed by atoms with E-state index in [0.29, 0.717) is 26.6 Å². The molecule has 1 saturated heterocycles. The van der Waals surface area contributed by atoms with Gasteiger partial charge in [0.1, 0.15) is 4.88 Å². The summed E-state index contributed by atoms with van der Waals surface area (Å²) in [6, 6.07) is 13.4. The molecule has 0 unspecified atom stereocenters. The SMILES string of the molecule is O=C(c1sc2ccccc2c1Cl)N(CCCN1CCOCC1)c1nc2ccc(Cl)cc2s1. The van der Waals surface area contributed by atoms with Crippen molar-refractivity contribution in [3.63, 3.8) is 0 Å². The molecule has 5 nitrogen and oxygen atoms in total. The third kappa shape index (κ3) is 4.51. The van der Waals surface area contributed by atoms with Gasteiger partial charge in [-0.25, -0.2) is 4.98 Å². The number of hydrogen-bond donors (Lipinski definition) is 0. The fourth-order valence-corrected chi connectivity index (χ4v) is 6.56. The average Bonchev–Trinajstić information content (AvgIpc) is 3.38. The van der Waals surface area contributed by atoms with Gasteiger partial charge in [0.2, 0.25) is 0 Å². The largest absolute Gasteiger partial charge is 0.379 e. The number of carbonyl (C=O) groups excluding carboxylic acids is 1. The minimum atomic E-state index is -0.108. The van der Waals surface area contributed by atoms with Crippen molar-refractivity contribution >= 4 is 77.2 Å². The number of anilines is 1. The van der Waals surface area contributed by atoms with E-state index in [1.165, 1.54) is 22.7 Å². The van der Waals surface area contributed by atoms with Crippen LogP contribution in [0, 0.1) is 0 Å². The molecular formula is C23H21Cl2N3O2S2. The average molecular weight is 506 g/mol. The molecule has 1 aliphatic rings. The molecule has 0 bridgehead atoms. The number of morpholine rings is 1. The first-order chi connectivity index (χ1) is 15.6. The molecule has 0 spiro atoms. The Morgan fingerprint density at radius 3 is 2.72 bits per heavy atom. The lowest BCUT2D eigenvalue weighted by Gasteiger charge is -2.27. The van der Waals surface area contributed by atoms with Crippen LogP contribution in [-0.2, 0) is 4.74 Å². The molecule has 1 fully saturated rings. The molecule has 32 heavy (non-hydrogen) atoms. The van der Waals surface area contributed by atoms with Crippen molar-refractivity contribution in [2.24, 2.45) is 0 Å². The van der Waals surface area contributed by atoms with Gasteiger partial charge < -0.3 is 4.74 Å². The van der Waals surface area contributed by atoms with E-state index in [0.717, 1.165) is 59.6 Å². The number of hydrogen-bond acceptors (Lipinski definition) is 6. The summed E-state index contributed by atoms with van der Waals surface area (Å²) < 4.78 is 7.40. The van der Waals surface area contributed by atoms with Crippen molar-refractivity contribution in [2.45, 2.75) is 6.42 Å². The number of carbonyl (C=O) groups is 1. The Kier molecular flexibility index (Phi) is 6.64. The van der Waals surface area contributed by atoms with Crippen molar-refractivity contribution in [3.8, 4) is 0 Å². The van der Waals surface area contributed by atoms with Crippen LogP contribution in [0.15, 0.2) is 42.5 Å². The zero-order valence-corrected chi connectivity index (χ0v) is 20.4. The highest BCUT2D eigenvalue weighted by Gasteiger charge is 2.26. The first kappa shape index (κ1) is 22.1. The van der Waals surface area contributed by atoms with Crippen LogP contribution < -0.4 is 4.90 Å². The smallest absolute Gasteiger partial charge is 0.271 e. The van der Waals surface area contributed by atoms with Crippen molar-refractivity contribution in [2.75, 3.05) is 44.3 Å². The second kappa shape index (κ2) is 9.63. The number of nitrogens with zero attached hydrogens (tertiary/aromatic N) is 3.